The van der Waals surface area contributed by atoms with E-state index in [0.29, 0.717) is 10.6 Å². The van der Waals surface area contributed by atoms with Gasteiger partial charge in [0, 0.05) is 15.5 Å². The van der Waals surface area contributed by atoms with Crippen molar-refractivity contribution in [2.75, 3.05) is 0 Å². The highest BCUT2D eigenvalue weighted by atomic mass is 35.5. The number of carbonyl (C=O) groups is 1. The Morgan fingerprint density at radius 1 is 1.55 bits per heavy atom. The molecule has 1 aromatic rings. The Labute approximate surface area is 75.8 Å². The van der Waals surface area contributed by atoms with E-state index in [9.17, 15) is 4.79 Å². The lowest BCUT2D eigenvalue weighted by atomic mass is 10.1. The van der Waals surface area contributed by atoms with Crippen molar-refractivity contribution in [2.45, 2.75) is 11.8 Å². The predicted molar refractivity (Wildman–Crippen MR) is 48.8 cm³/mol. The van der Waals surface area contributed by atoms with E-state index in [2.05, 4.69) is 12.6 Å². The van der Waals surface area contributed by atoms with Crippen LogP contribution in [0.3, 0.4) is 0 Å². The third-order valence-electron chi connectivity index (χ3n) is 1.51. The SMILES string of the molecule is Cc1c(S)cc(Cl)cc1C=O. The summed E-state index contributed by atoms with van der Waals surface area (Å²) in [5.41, 5.74) is 1.47. The molecule has 11 heavy (non-hydrogen) atoms. The molecule has 0 aliphatic rings. The highest BCUT2D eigenvalue weighted by molar-refractivity contribution is 7.80. The van der Waals surface area contributed by atoms with Crippen LogP contribution >= 0.6 is 24.2 Å². The van der Waals surface area contributed by atoms with Crippen LogP contribution in [0.25, 0.3) is 0 Å². The molecular formula is C8H7ClOS. The highest BCUT2D eigenvalue weighted by Gasteiger charge is 2.01. The Morgan fingerprint density at radius 2 is 2.18 bits per heavy atom. The number of carbonyl (C=O) groups excluding carboxylic acids is 1. The summed E-state index contributed by atoms with van der Waals surface area (Å²) < 4.78 is 0. The molecule has 0 unspecified atom stereocenters. The summed E-state index contributed by atoms with van der Waals surface area (Å²) in [5.74, 6) is 0. The smallest absolute Gasteiger partial charge is 0.150 e. The Balaban J connectivity index is 3.35. The minimum atomic E-state index is 0.544. The van der Waals surface area contributed by atoms with Crippen molar-refractivity contribution in [1.29, 1.82) is 0 Å². The molecule has 3 heteroatoms. The van der Waals surface area contributed by atoms with E-state index in [4.69, 9.17) is 11.6 Å². The van der Waals surface area contributed by atoms with Crippen LogP contribution in [-0.2, 0) is 0 Å². The van der Waals surface area contributed by atoms with Gasteiger partial charge in [0.1, 0.15) is 6.29 Å². The van der Waals surface area contributed by atoms with Crippen LogP contribution in [0, 0.1) is 6.92 Å². The van der Waals surface area contributed by atoms with Crippen molar-refractivity contribution < 1.29 is 4.79 Å². The largest absolute Gasteiger partial charge is 0.298 e. The average molecular weight is 187 g/mol. The minimum absolute atomic E-state index is 0.544. The fourth-order valence-corrected chi connectivity index (χ4v) is 1.38. The fraction of sp³-hybridized carbons (Fsp3) is 0.125. The first-order valence-electron chi connectivity index (χ1n) is 3.09. The molecule has 0 amide bonds. The van der Waals surface area contributed by atoms with E-state index in [1.807, 2.05) is 6.92 Å². The van der Waals surface area contributed by atoms with E-state index < -0.39 is 0 Å². The number of halogens is 1. The molecule has 0 aromatic heterocycles. The number of hydrogen-bond donors (Lipinski definition) is 1. The molecule has 0 N–H and O–H groups in total. The van der Waals surface area contributed by atoms with Crippen LogP contribution in [0.15, 0.2) is 17.0 Å². The highest BCUT2D eigenvalue weighted by Crippen LogP contribution is 2.21. The molecule has 0 aliphatic carbocycles. The summed E-state index contributed by atoms with van der Waals surface area (Å²) in [7, 11) is 0. The van der Waals surface area contributed by atoms with E-state index in [1.165, 1.54) is 0 Å². The molecule has 1 rings (SSSR count). The average Bonchev–Trinajstić information content (AvgIpc) is 1.96. The summed E-state index contributed by atoms with van der Waals surface area (Å²) in [6.07, 6.45) is 0.779. The van der Waals surface area contributed by atoms with Crippen molar-refractivity contribution in [1.82, 2.24) is 0 Å². The maximum Gasteiger partial charge on any atom is 0.150 e. The summed E-state index contributed by atoms with van der Waals surface area (Å²) >= 11 is 9.84. The van der Waals surface area contributed by atoms with Gasteiger partial charge in [-0.05, 0) is 24.6 Å². The summed E-state index contributed by atoms with van der Waals surface area (Å²) in [4.78, 5) is 11.2. The standard InChI is InChI=1S/C8H7ClOS/c1-5-6(4-10)2-7(9)3-8(5)11/h2-4,11H,1H3. The van der Waals surface area contributed by atoms with Gasteiger partial charge in [-0.25, -0.2) is 0 Å². The predicted octanol–water partition coefficient (Wildman–Crippen LogP) is 2.75. The summed E-state index contributed by atoms with van der Waals surface area (Å²) in [6, 6.07) is 3.34. The number of benzene rings is 1. The van der Waals surface area contributed by atoms with Crippen LogP contribution in [0.2, 0.25) is 5.02 Å². The number of thiol groups is 1. The van der Waals surface area contributed by atoms with E-state index in [-0.39, 0.29) is 0 Å². The molecule has 0 radical (unpaired) electrons. The van der Waals surface area contributed by atoms with Gasteiger partial charge in [0.15, 0.2) is 0 Å². The van der Waals surface area contributed by atoms with E-state index in [0.717, 1.165) is 16.7 Å². The molecule has 0 fully saturated rings. The molecule has 1 aromatic carbocycles. The zero-order chi connectivity index (χ0) is 8.43. The first-order chi connectivity index (χ1) is 5.15. The number of hydrogen-bond acceptors (Lipinski definition) is 2. The second-order valence-corrected chi connectivity index (χ2v) is 3.18. The second-order valence-electron chi connectivity index (χ2n) is 2.26. The zero-order valence-corrected chi connectivity index (χ0v) is 7.62. The number of rotatable bonds is 1. The molecule has 1 nitrogen and oxygen atoms in total. The molecular weight excluding hydrogens is 180 g/mol. The van der Waals surface area contributed by atoms with Gasteiger partial charge < -0.3 is 0 Å². The molecule has 0 saturated heterocycles. The third kappa shape index (κ3) is 1.76. The first-order valence-corrected chi connectivity index (χ1v) is 3.92. The van der Waals surface area contributed by atoms with Crippen molar-refractivity contribution in [3.8, 4) is 0 Å². The summed E-state index contributed by atoms with van der Waals surface area (Å²) in [5, 5.41) is 0.544. The second kappa shape index (κ2) is 3.28. The van der Waals surface area contributed by atoms with Gasteiger partial charge in [-0.1, -0.05) is 11.6 Å². The van der Waals surface area contributed by atoms with Gasteiger partial charge >= 0.3 is 0 Å². The molecule has 0 bridgehead atoms. The summed E-state index contributed by atoms with van der Waals surface area (Å²) in [6.45, 7) is 1.84. The zero-order valence-electron chi connectivity index (χ0n) is 5.97. The topological polar surface area (TPSA) is 17.1 Å². The molecule has 0 atom stereocenters. The maximum atomic E-state index is 10.4. The fourth-order valence-electron chi connectivity index (χ4n) is 0.808. The van der Waals surface area contributed by atoms with Crippen molar-refractivity contribution in [2.24, 2.45) is 0 Å². The Morgan fingerprint density at radius 3 is 2.73 bits per heavy atom. The van der Waals surface area contributed by atoms with Crippen LogP contribution in [0.5, 0.6) is 0 Å². The van der Waals surface area contributed by atoms with Gasteiger partial charge in [0.25, 0.3) is 0 Å². The molecule has 58 valence electrons. The van der Waals surface area contributed by atoms with E-state index >= 15 is 0 Å². The Kier molecular flexibility index (Phi) is 2.58. The van der Waals surface area contributed by atoms with Crippen LogP contribution in [0.1, 0.15) is 15.9 Å². The van der Waals surface area contributed by atoms with Crippen molar-refractivity contribution in [3.05, 3.63) is 28.3 Å². The van der Waals surface area contributed by atoms with Gasteiger partial charge in [-0.3, -0.25) is 4.79 Å². The molecule has 0 saturated carbocycles. The van der Waals surface area contributed by atoms with Crippen LogP contribution in [0.4, 0.5) is 0 Å². The van der Waals surface area contributed by atoms with Crippen LogP contribution in [-0.4, -0.2) is 6.29 Å². The number of aldehydes is 1. The lowest BCUT2D eigenvalue weighted by Crippen LogP contribution is -1.87. The lowest BCUT2D eigenvalue weighted by molar-refractivity contribution is 0.112. The minimum Gasteiger partial charge on any atom is -0.298 e. The Bertz CT molecular complexity index is 296. The van der Waals surface area contributed by atoms with E-state index in [1.54, 1.807) is 12.1 Å². The monoisotopic (exact) mass is 186 g/mol. The first kappa shape index (κ1) is 8.62. The third-order valence-corrected chi connectivity index (χ3v) is 2.19. The molecule has 0 heterocycles. The normalized spacial score (nSPS) is 9.73. The van der Waals surface area contributed by atoms with Crippen molar-refractivity contribution >= 4 is 30.5 Å². The van der Waals surface area contributed by atoms with Crippen molar-refractivity contribution in [3.63, 3.8) is 0 Å². The molecule has 0 aliphatic heterocycles. The van der Waals surface area contributed by atoms with Gasteiger partial charge in [-0.2, -0.15) is 0 Å². The Hall–Kier alpha value is -0.470. The van der Waals surface area contributed by atoms with Crippen LogP contribution < -0.4 is 0 Å². The van der Waals surface area contributed by atoms with Gasteiger partial charge in [0.05, 0.1) is 0 Å². The van der Waals surface area contributed by atoms with Gasteiger partial charge in [-0.15, -0.1) is 12.6 Å². The van der Waals surface area contributed by atoms with Gasteiger partial charge in [0.2, 0.25) is 0 Å². The lowest BCUT2D eigenvalue weighted by Gasteiger charge is -2.01. The maximum absolute atomic E-state index is 10.4. The molecule has 0 spiro atoms. The quantitative estimate of drug-likeness (QED) is 0.527.